The molecule has 1 amide bonds. The Kier molecular flexibility index (Phi) is 1.95. The minimum Gasteiger partial charge on any atom is -0.374 e. The molecule has 0 aliphatic carbocycles. The lowest BCUT2D eigenvalue weighted by Gasteiger charge is -2.16. The summed E-state index contributed by atoms with van der Waals surface area (Å²) >= 11 is 0. The molecule has 1 aromatic rings. The summed E-state index contributed by atoms with van der Waals surface area (Å²) < 4.78 is 5.62. The van der Waals surface area contributed by atoms with Crippen LogP contribution in [-0.2, 0) is 9.53 Å². The van der Waals surface area contributed by atoms with Gasteiger partial charge in [-0.1, -0.05) is 0 Å². The van der Waals surface area contributed by atoms with Gasteiger partial charge in [0.05, 0.1) is 24.3 Å². The SMILES string of the molecule is O=C(Nc1cn[nH]n1)[C@@H]1C[C@H]2CC[C@@H]1O2. The first kappa shape index (κ1) is 8.84. The summed E-state index contributed by atoms with van der Waals surface area (Å²) in [5.41, 5.74) is 0. The number of fused-ring (bicyclic) bond motifs is 2. The Hall–Kier alpha value is -1.43. The predicted molar refractivity (Wildman–Crippen MR) is 51.0 cm³/mol. The molecule has 2 aliphatic rings. The summed E-state index contributed by atoms with van der Waals surface area (Å²) in [4.78, 5) is 11.8. The number of hydrogen-bond acceptors (Lipinski definition) is 4. The Balaban J connectivity index is 1.66. The van der Waals surface area contributed by atoms with Crippen molar-refractivity contribution in [1.29, 1.82) is 0 Å². The van der Waals surface area contributed by atoms with E-state index in [0.29, 0.717) is 11.9 Å². The van der Waals surface area contributed by atoms with Crippen LogP contribution < -0.4 is 5.32 Å². The molecule has 0 radical (unpaired) electrons. The number of ether oxygens (including phenoxy) is 1. The number of amides is 1. The second kappa shape index (κ2) is 3.30. The molecule has 0 spiro atoms. The lowest BCUT2D eigenvalue weighted by molar-refractivity contribution is -0.121. The molecule has 6 nitrogen and oxygen atoms in total. The molecule has 2 aliphatic heterocycles. The molecule has 15 heavy (non-hydrogen) atoms. The van der Waals surface area contributed by atoms with Crippen LogP contribution in [0.15, 0.2) is 6.20 Å². The highest BCUT2D eigenvalue weighted by molar-refractivity contribution is 5.92. The van der Waals surface area contributed by atoms with Gasteiger partial charge >= 0.3 is 0 Å². The number of anilines is 1. The van der Waals surface area contributed by atoms with Crippen molar-refractivity contribution in [3.63, 3.8) is 0 Å². The smallest absolute Gasteiger partial charge is 0.231 e. The summed E-state index contributed by atoms with van der Waals surface area (Å²) in [6, 6.07) is 0. The Bertz CT molecular complexity index is 364. The number of nitrogens with zero attached hydrogens (tertiary/aromatic N) is 2. The van der Waals surface area contributed by atoms with E-state index in [-0.39, 0.29) is 17.9 Å². The molecule has 0 saturated carbocycles. The standard InChI is InChI=1S/C9H12N4O2/c14-9(11-8-4-10-13-12-8)6-3-5-1-2-7(6)15-5/h4-7H,1-3H2,(H2,10,11,12,13,14)/t5-,6-,7+/m1/s1. The third-order valence-electron chi connectivity index (χ3n) is 3.11. The van der Waals surface area contributed by atoms with Gasteiger partial charge in [0, 0.05) is 0 Å². The molecule has 1 aromatic heterocycles. The lowest BCUT2D eigenvalue weighted by atomic mass is 9.88. The molecule has 3 atom stereocenters. The van der Waals surface area contributed by atoms with E-state index in [0.717, 1.165) is 19.3 Å². The van der Waals surface area contributed by atoms with Gasteiger partial charge in [0.15, 0.2) is 5.82 Å². The van der Waals surface area contributed by atoms with Crippen molar-refractivity contribution in [2.24, 2.45) is 5.92 Å². The zero-order chi connectivity index (χ0) is 10.3. The number of rotatable bonds is 2. The highest BCUT2D eigenvalue weighted by Gasteiger charge is 2.44. The number of H-pyrrole nitrogens is 1. The van der Waals surface area contributed by atoms with Gasteiger partial charge in [-0.2, -0.15) is 10.3 Å². The molecular weight excluding hydrogens is 196 g/mol. The van der Waals surface area contributed by atoms with E-state index in [9.17, 15) is 4.79 Å². The number of carbonyl (C=O) groups is 1. The molecule has 2 fully saturated rings. The van der Waals surface area contributed by atoms with Crippen LogP contribution in [0.2, 0.25) is 0 Å². The first-order chi connectivity index (χ1) is 7.33. The molecule has 2 bridgehead atoms. The molecule has 80 valence electrons. The summed E-state index contributed by atoms with van der Waals surface area (Å²) in [6.07, 6.45) is 4.84. The van der Waals surface area contributed by atoms with Crippen LogP contribution in [0.1, 0.15) is 19.3 Å². The molecule has 0 unspecified atom stereocenters. The van der Waals surface area contributed by atoms with Crippen LogP contribution >= 0.6 is 0 Å². The topological polar surface area (TPSA) is 79.9 Å². The third kappa shape index (κ3) is 1.50. The van der Waals surface area contributed by atoms with Gasteiger partial charge in [0.1, 0.15) is 0 Å². The highest BCUT2D eigenvalue weighted by atomic mass is 16.5. The minimum absolute atomic E-state index is 0.00361. The largest absolute Gasteiger partial charge is 0.374 e. The maximum atomic E-state index is 11.8. The van der Waals surface area contributed by atoms with Crippen molar-refractivity contribution in [3.8, 4) is 0 Å². The second-order valence-electron chi connectivity index (χ2n) is 4.06. The molecule has 2 N–H and O–H groups in total. The van der Waals surface area contributed by atoms with E-state index in [1.165, 1.54) is 6.20 Å². The van der Waals surface area contributed by atoms with Crippen molar-refractivity contribution in [2.75, 3.05) is 5.32 Å². The Morgan fingerprint density at radius 3 is 3.13 bits per heavy atom. The minimum atomic E-state index is -0.0135. The average molecular weight is 208 g/mol. The molecule has 6 heteroatoms. The van der Waals surface area contributed by atoms with E-state index >= 15 is 0 Å². The molecule has 3 rings (SSSR count). The lowest BCUT2D eigenvalue weighted by Crippen LogP contribution is -2.30. The fraction of sp³-hybridized carbons (Fsp3) is 0.667. The monoisotopic (exact) mass is 208 g/mol. The van der Waals surface area contributed by atoms with E-state index in [1.54, 1.807) is 0 Å². The van der Waals surface area contributed by atoms with Crippen LogP contribution in [0.3, 0.4) is 0 Å². The van der Waals surface area contributed by atoms with Gasteiger partial charge in [-0.15, -0.1) is 5.10 Å². The first-order valence-corrected chi connectivity index (χ1v) is 5.15. The number of aromatic nitrogens is 3. The van der Waals surface area contributed by atoms with E-state index < -0.39 is 0 Å². The third-order valence-corrected chi connectivity index (χ3v) is 3.11. The first-order valence-electron chi connectivity index (χ1n) is 5.15. The van der Waals surface area contributed by atoms with Gasteiger partial charge in [-0.25, -0.2) is 0 Å². The second-order valence-corrected chi connectivity index (χ2v) is 4.06. The summed E-state index contributed by atoms with van der Waals surface area (Å²) in [7, 11) is 0. The Morgan fingerprint density at radius 2 is 2.53 bits per heavy atom. The quantitative estimate of drug-likeness (QED) is 0.733. The highest BCUT2D eigenvalue weighted by Crippen LogP contribution is 2.39. The normalized spacial score (nSPS) is 33.2. The van der Waals surface area contributed by atoms with Crippen molar-refractivity contribution >= 4 is 11.7 Å². The van der Waals surface area contributed by atoms with Crippen molar-refractivity contribution in [3.05, 3.63) is 6.20 Å². The van der Waals surface area contributed by atoms with Crippen LogP contribution in [0.5, 0.6) is 0 Å². The Labute approximate surface area is 86.4 Å². The molecular formula is C9H12N4O2. The van der Waals surface area contributed by atoms with Gasteiger partial charge in [-0.05, 0) is 19.3 Å². The predicted octanol–water partition coefficient (Wildman–Crippen LogP) is 0.311. The fourth-order valence-electron chi connectivity index (χ4n) is 2.39. The van der Waals surface area contributed by atoms with Crippen LogP contribution in [-0.4, -0.2) is 33.5 Å². The van der Waals surface area contributed by atoms with Gasteiger partial charge in [-0.3, -0.25) is 4.79 Å². The van der Waals surface area contributed by atoms with Crippen LogP contribution in [0.4, 0.5) is 5.82 Å². The summed E-state index contributed by atoms with van der Waals surface area (Å²) in [6.45, 7) is 0. The van der Waals surface area contributed by atoms with Gasteiger partial charge in [0.2, 0.25) is 5.91 Å². The average Bonchev–Trinajstić information content (AvgIpc) is 2.93. The van der Waals surface area contributed by atoms with Crippen molar-refractivity contribution in [1.82, 2.24) is 15.4 Å². The summed E-state index contributed by atoms with van der Waals surface area (Å²) in [5, 5.41) is 12.6. The van der Waals surface area contributed by atoms with Crippen LogP contribution in [0, 0.1) is 5.92 Å². The van der Waals surface area contributed by atoms with Crippen molar-refractivity contribution in [2.45, 2.75) is 31.5 Å². The fourth-order valence-corrected chi connectivity index (χ4v) is 2.39. The summed E-state index contributed by atoms with van der Waals surface area (Å²) in [5.74, 6) is 0.458. The van der Waals surface area contributed by atoms with E-state index in [2.05, 4.69) is 20.7 Å². The number of hydrogen-bond donors (Lipinski definition) is 2. The maximum absolute atomic E-state index is 11.8. The molecule has 3 heterocycles. The zero-order valence-corrected chi connectivity index (χ0v) is 8.14. The van der Waals surface area contributed by atoms with Crippen LogP contribution in [0.25, 0.3) is 0 Å². The zero-order valence-electron chi connectivity index (χ0n) is 8.14. The van der Waals surface area contributed by atoms with Gasteiger partial charge in [0.25, 0.3) is 0 Å². The van der Waals surface area contributed by atoms with Gasteiger partial charge < -0.3 is 10.1 Å². The van der Waals surface area contributed by atoms with E-state index in [1.807, 2.05) is 0 Å². The number of aromatic amines is 1. The van der Waals surface area contributed by atoms with Crippen molar-refractivity contribution < 1.29 is 9.53 Å². The Morgan fingerprint density at radius 1 is 1.60 bits per heavy atom. The number of carbonyl (C=O) groups excluding carboxylic acids is 1. The number of nitrogens with one attached hydrogen (secondary N) is 2. The molecule has 0 aromatic carbocycles. The van der Waals surface area contributed by atoms with E-state index in [4.69, 9.17) is 4.74 Å². The molecule has 2 saturated heterocycles. The maximum Gasteiger partial charge on any atom is 0.231 e.